The van der Waals surface area contributed by atoms with Gasteiger partial charge in [-0.1, -0.05) is 26.0 Å². The molecule has 0 spiro atoms. The monoisotopic (exact) mass is 245 g/mol. The SMILES string of the molecule is CC(C)C(CN(C)C)NCc1cccc(C#N)c1. The highest BCUT2D eigenvalue weighted by atomic mass is 15.1. The lowest BCUT2D eigenvalue weighted by atomic mass is 10.0. The largest absolute Gasteiger partial charge is 0.308 e. The molecule has 0 aromatic heterocycles. The molecule has 18 heavy (non-hydrogen) atoms. The van der Waals surface area contributed by atoms with Crippen LogP contribution in [0.4, 0.5) is 0 Å². The number of rotatable bonds is 6. The Morgan fingerprint density at radius 3 is 2.61 bits per heavy atom. The van der Waals surface area contributed by atoms with Crippen molar-refractivity contribution >= 4 is 0 Å². The molecule has 1 atom stereocenters. The van der Waals surface area contributed by atoms with Gasteiger partial charge < -0.3 is 10.2 Å². The summed E-state index contributed by atoms with van der Waals surface area (Å²) >= 11 is 0. The van der Waals surface area contributed by atoms with Crippen molar-refractivity contribution in [2.45, 2.75) is 26.4 Å². The molecule has 0 radical (unpaired) electrons. The summed E-state index contributed by atoms with van der Waals surface area (Å²) < 4.78 is 0. The molecule has 0 aliphatic heterocycles. The van der Waals surface area contributed by atoms with Gasteiger partial charge in [0, 0.05) is 19.1 Å². The summed E-state index contributed by atoms with van der Waals surface area (Å²) in [6, 6.07) is 10.4. The van der Waals surface area contributed by atoms with Crippen molar-refractivity contribution in [2.24, 2.45) is 5.92 Å². The Hall–Kier alpha value is -1.37. The fourth-order valence-corrected chi connectivity index (χ4v) is 1.90. The lowest BCUT2D eigenvalue weighted by Crippen LogP contribution is -2.41. The molecule has 3 nitrogen and oxygen atoms in total. The van der Waals surface area contributed by atoms with E-state index in [1.165, 1.54) is 5.56 Å². The highest BCUT2D eigenvalue weighted by Crippen LogP contribution is 2.07. The van der Waals surface area contributed by atoms with Gasteiger partial charge in [-0.3, -0.25) is 0 Å². The van der Waals surface area contributed by atoms with E-state index in [2.05, 4.69) is 50.3 Å². The Morgan fingerprint density at radius 1 is 1.33 bits per heavy atom. The molecule has 1 unspecified atom stereocenters. The van der Waals surface area contributed by atoms with E-state index >= 15 is 0 Å². The first kappa shape index (κ1) is 14.7. The quantitative estimate of drug-likeness (QED) is 0.835. The molecule has 0 amide bonds. The van der Waals surface area contributed by atoms with E-state index in [-0.39, 0.29) is 0 Å². The summed E-state index contributed by atoms with van der Waals surface area (Å²) in [7, 11) is 4.18. The third-order valence-corrected chi connectivity index (χ3v) is 2.99. The number of hydrogen-bond acceptors (Lipinski definition) is 3. The fraction of sp³-hybridized carbons (Fsp3) is 0.533. The van der Waals surface area contributed by atoms with Crippen molar-refractivity contribution in [2.75, 3.05) is 20.6 Å². The minimum absolute atomic E-state index is 0.464. The van der Waals surface area contributed by atoms with Gasteiger partial charge in [0.2, 0.25) is 0 Å². The maximum atomic E-state index is 8.87. The molecule has 1 aromatic rings. The minimum atomic E-state index is 0.464. The van der Waals surface area contributed by atoms with Crippen molar-refractivity contribution in [1.29, 1.82) is 5.26 Å². The second-order valence-electron chi connectivity index (χ2n) is 5.31. The van der Waals surface area contributed by atoms with Crippen LogP contribution in [0.2, 0.25) is 0 Å². The van der Waals surface area contributed by atoms with Gasteiger partial charge in [0.05, 0.1) is 11.6 Å². The Labute approximate surface area is 110 Å². The second kappa shape index (κ2) is 7.15. The van der Waals surface area contributed by atoms with Crippen LogP contribution in [0, 0.1) is 17.2 Å². The molecule has 0 bridgehead atoms. The molecule has 0 aliphatic rings. The summed E-state index contributed by atoms with van der Waals surface area (Å²) in [5.41, 5.74) is 1.89. The minimum Gasteiger partial charge on any atom is -0.308 e. The third kappa shape index (κ3) is 4.87. The van der Waals surface area contributed by atoms with Gasteiger partial charge in [-0.2, -0.15) is 5.26 Å². The van der Waals surface area contributed by atoms with Crippen LogP contribution >= 0.6 is 0 Å². The van der Waals surface area contributed by atoms with Crippen LogP contribution < -0.4 is 5.32 Å². The molecule has 0 saturated carbocycles. The Kier molecular flexibility index (Phi) is 5.84. The molecule has 0 fully saturated rings. The number of nitrogens with zero attached hydrogens (tertiary/aromatic N) is 2. The van der Waals surface area contributed by atoms with E-state index in [1.807, 2.05) is 18.2 Å². The van der Waals surface area contributed by atoms with Crippen molar-refractivity contribution in [3.63, 3.8) is 0 Å². The van der Waals surface area contributed by atoms with Gasteiger partial charge in [0.15, 0.2) is 0 Å². The van der Waals surface area contributed by atoms with Crippen LogP contribution in [-0.2, 0) is 6.54 Å². The predicted molar refractivity (Wildman–Crippen MR) is 75.2 cm³/mol. The van der Waals surface area contributed by atoms with Gasteiger partial charge in [0.1, 0.15) is 0 Å². The lowest BCUT2D eigenvalue weighted by Gasteiger charge is -2.25. The Bertz CT molecular complexity index is 404. The van der Waals surface area contributed by atoms with Gasteiger partial charge >= 0.3 is 0 Å². The van der Waals surface area contributed by atoms with Crippen LogP contribution in [0.3, 0.4) is 0 Å². The molecule has 0 aliphatic carbocycles. The van der Waals surface area contributed by atoms with Gasteiger partial charge in [-0.15, -0.1) is 0 Å². The molecule has 0 heterocycles. The van der Waals surface area contributed by atoms with Crippen LogP contribution in [0.15, 0.2) is 24.3 Å². The maximum Gasteiger partial charge on any atom is 0.0991 e. The number of nitrogens with one attached hydrogen (secondary N) is 1. The summed E-state index contributed by atoms with van der Waals surface area (Å²) in [6.07, 6.45) is 0. The van der Waals surface area contributed by atoms with Crippen molar-refractivity contribution in [3.8, 4) is 6.07 Å². The van der Waals surface area contributed by atoms with E-state index < -0.39 is 0 Å². The van der Waals surface area contributed by atoms with E-state index in [4.69, 9.17) is 5.26 Å². The molecule has 1 rings (SSSR count). The highest BCUT2D eigenvalue weighted by molar-refractivity contribution is 5.32. The molecular formula is C15H23N3. The lowest BCUT2D eigenvalue weighted by molar-refractivity contribution is 0.288. The topological polar surface area (TPSA) is 39.1 Å². The average molecular weight is 245 g/mol. The van der Waals surface area contributed by atoms with E-state index in [1.54, 1.807) is 0 Å². The second-order valence-corrected chi connectivity index (χ2v) is 5.31. The van der Waals surface area contributed by atoms with Crippen LogP contribution in [0.5, 0.6) is 0 Å². The Morgan fingerprint density at radius 2 is 2.06 bits per heavy atom. The average Bonchev–Trinajstić information content (AvgIpc) is 2.34. The van der Waals surface area contributed by atoms with Crippen LogP contribution in [-0.4, -0.2) is 31.6 Å². The number of likely N-dealkylation sites (N-methyl/N-ethyl adjacent to an activating group) is 1. The van der Waals surface area contributed by atoms with Crippen molar-refractivity contribution in [1.82, 2.24) is 10.2 Å². The first-order valence-electron chi connectivity index (χ1n) is 6.40. The smallest absolute Gasteiger partial charge is 0.0991 e. The molecule has 98 valence electrons. The maximum absolute atomic E-state index is 8.87. The third-order valence-electron chi connectivity index (χ3n) is 2.99. The zero-order chi connectivity index (χ0) is 13.5. The van der Waals surface area contributed by atoms with Gasteiger partial charge in [0.25, 0.3) is 0 Å². The van der Waals surface area contributed by atoms with E-state index in [0.717, 1.165) is 18.7 Å². The molecular weight excluding hydrogens is 222 g/mol. The first-order chi connectivity index (χ1) is 8.52. The normalized spacial score (nSPS) is 12.7. The summed E-state index contributed by atoms with van der Waals surface area (Å²) in [5.74, 6) is 0.589. The Balaban J connectivity index is 2.58. The highest BCUT2D eigenvalue weighted by Gasteiger charge is 2.13. The van der Waals surface area contributed by atoms with Crippen molar-refractivity contribution < 1.29 is 0 Å². The van der Waals surface area contributed by atoms with E-state index in [9.17, 15) is 0 Å². The molecule has 1 N–H and O–H groups in total. The van der Waals surface area contributed by atoms with Crippen LogP contribution in [0.1, 0.15) is 25.0 Å². The summed E-state index contributed by atoms with van der Waals surface area (Å²) in [4.78, 5) is 2.20. The standard InChI is InChI=1S/C15H23N3/c1-12(2)15(11-18(3)4)17-10-14-7-5-6-13(8-14)9-16/h5-8,12,15,17H,10-11H2,1-4H3. The van der Waals surface area contributed by atoms with E-state index in [0.29, 0.717) is 12.0 Å². The zero-order valence-corrected chi connectivity index (χ0v) is 11.8. The summed E-state index contributed by atoms with van der Waals surface area (Å²) in [6.45, 7) is 6.29. The number of nitriles is 1. The first-order valence-corrected chi connectivity index (χ1v) is 6.40. The van der Waals surface area contributed by atoms with Crippen LogP contribution in [0.25, 0.3) is 0 Å². The fourth-order valence-electron chi connectivity index (χ4n) is 1.90. The summed E-state index contributed by atoms with van der Waals surface area (Å²) in [5, 5.41) is 12.4. The zero-order valence-electron chi connectivity index (χ0n) is 11.8. The molecule has 3 heteroatoms. The number of benzene rings is 1. The van der Waals surface area contributed by atoms with Gasteiger partial charge in [-0.05, 0) is 37.7 Å². The molecule has 0 saturated heterocycles. The predicted octanol–water partition coefficient (Wildman–Crippen LogP) is 2.23. The van der Waals surface area contributed by atoms with Gasteiger partial charge in [-0.25, -0.2) is 0 Å². The molecule has 1 aromatic carbocycles. The van der Waals surface area contributed by atoms with Crippen molar-refractivity contribution in [3.05, 3.63) is 35.4 Å². The number of hydrogen-bond donors (Lipinski definition) is 1.